The Kier molecular flexibility index (Phi) is 6.74. The predicted octanol–water partition coefficient (Wildman–Crippen LogP) is 2.06. The summed E-state index contributed by atoms with van der Waals surface area (Å²) in [5.41, 5.74) is 7.54. The Labute approximate surface area is 137 Å². The molecule has 1 fully saturated rings. The van der Waals surface area contributed by atoms with Crippen LogP contribution in [0.15, 0.2) is 24.3 Å². The second kappa shape index (κ2) is 8.79. The summed E-state index contributed by atoms with van der Waals surface area (Å²) in [6.07, 6.45) is 5.41. The zero-order valence-corrected chi connectivity index (χ0v) is 13.7. The number of aryl methyl sites for hydroxylation is 1. The zero-order valence-electron chi connectivity index (χ0n) is 13.7. The van der Waals surface area contributed by atoms with Crippen molar-refractivity contribution in [1.29, 1.82) is 0 Å². The molecule has 0 aliphatic heterocycles. The van der Waals surface area contributed by atoms with E-state index in [1.807, 2.05) is 31.2 Å². The standard InChI is InChI=1S/C18H26N2O3/c1-13-7-9-14(10-8-13)12-20-17(15-5-3-2-4-6-15)18(22)23-16(21)11-19/h7-10,15,17,20H,2-6,11-12,19H2,1H3. The Morgan fingerprint density at radius 1 is 1.22 bits per heavy atom. The van der Waals surface area contributed by atoms with E-state index < -0.39 is 18.0 Å². The van der Waals surface area contributed by atoms with Crippen LogP contribution in [0.2, 0.25) is 0 Å². The molecule has 1 saturated carbocycles. The Balaban J connectivity index is 2.01. The van der Waals surface area contributed by atoms with Gasteiger partial charge >= 0.3 is 11.9 Å². The maximum Gasteiger partial charge on any atom is 0.331 e. The number of carbonyl (C=O) groups is 2. The number of benzene rings is 1. The number of esters is 2. The highest BCUT2D eigenvalue weighted by Gasteiger charge is 2.31. The van der Waals surface area contributed by atoms with Crippen molar-refractivity contribution in [2.75, 3.05) is 6.54 Å². The molecule has 2 rings (SSSR count). The summed E-state index contributed by atoms with van der Waals surface area (Å²) in [6.45, 7) is 2.34. The second-order valence-corrected chi connectivity index (χ2v) is 6.24. The topological polar surface area (TPSA) is 81.4 Å². The van der Waals surface area contributed by atoms with Crippen LogP contribution in [-0.4, -0.2) is 24.5 Å². The van der Waals surface area contributed by atoms with Crippen molar-refractivity contribution in [2.45, 2.75) is 51.6 Å². The molecule has 0 bridgehead atoms. The van der Waals surface area contributed by atoms with E-state index >= 15 is 0 Å². The number of hydrogen-bond acceptors (Lipinski definition) is 5. The molecule has 5 heteroatoms. The number of rotatable bonds is 6. The van der Waals surface area contributed by atoms with Crippen molar-refractivity contribution >= 4 is 11.9 Å². The van der Waals surface area contributed by atoms with E-state index in [0.29, 0.717) is 6.54 Å². The molecule has 0 spiro atoms. The second-order valence-electron chi connectivity index (χ2n) is 6.24. The van der Waals surface area contributed by atoms with Crippen LogP contribution in [0, 0.1) is 12.8 Å². The first-order valence-electron chi connectivity index (χ1n) is 8.33. The molecule has 1 aliphatic carbocycles. The molecule has 0 aromatic heterocycles. The van der Waals surface area contributed by atoms with E-state index in [9.17, 15) is 9.59 Å². The van der Waals surface area contributed by atoms with E-state index in [2.05, 4.69) is 5.32 Å². The van der Waals surface area contributed by atoms with E-state index in [0.717, 1.165) is 31.2 Å². The monoisotopic (exact) mass is 318 g/mol. The van der Waals surface area contributed by atoms with Gasteiger partial charge in [0.05, 0.1) is 6.54 Å². The van der Waals surface area contributed by atoms with Crippen molar-refractivity contribution < 1.29 is 14.3 Å². The van der Waals surface area contributed by atoms with Gasteiger partial charge in [0.15, 0.2) is 0 Å². The number of carbonyl (C=O) groups excluding carboxylic acids is 2. The Bertz CT molecular complexity index is 522. The quantitative estimate of drug-likeness (QED) is 0.620. The van der Waals surface area contributed by atoms with Crippen LogP contribution in [0.3, 0.4) is 0 Å². The minimum absolute atomic E-state index is 0.215. The summed E-state index contributed by atoms with van der Waals surface area (Å²) in [5, 5.41) is 3.29. The van der Waals surface area contributed by atoms with Crippen LogP contribution in [0.1, 0.15) is 43.2 Å². The first-order valence-corrected chi connectivity index (χ1v) is 8.33. The lowest BCUT2D eigenvalue weighted by molar-refractivity contribution is -0.161. The third-order valence-electron chi connectivity index (χ3n) is 4.40. The maximum absolute atomic E-state index is 12.3. The number of ether oxygens (including phenoxy) is 1. The largest absolute Gasteiger partial charge is 0.391 e. The third kappa shape index (κ3) is 5.44. The Morgan fingerprint density at radius 2 is 1.87 bits per heavy atom. The summed E-state index contributed by atoms with van der Waals surface area (Å²) < 4.78 is 4.86. The number of nitrogens with two attached hydrogens (primary N) is 1. The van der Waals surface area contributed by atoms with Gasteiger partial charge in [-0.2, -0.15) is 0 Å². The van der Waals surface area contributed by atoms with Crippen LogP contribution in [-0.2, 0) is 20.9 Å². The van der Waals surface area contributed by atoms with E-state index in [-0.39, 0.29) is 12.5 Å². The van der Waals surface area contributed by atoms with Gasteiger partial charge in [0.1, 0.15) is 6.04 Å². The van der Waals surface area contributed by atoms with Gasteiger partial charge in [-0.05, 0) is 31.2 Å². The van der Waals surface area contributed by atoms with Crippen LogP contribution >= 0.6 is 0 Å². The molecule has 0 heterocycles. The molecule has 1 aromatic carbocycles. The van der Waals surface area contributed by atoms with Crippen LogP contribution < -0.4 is 11.1 Å². The van der Waals surface area contributed by atoms with E-state index in [4.69, 9.17) is 10.5 Å². The molecule has 126 valence electrons. The summed E-state index contributed by atoms with van der Waals surface area (Å²) in [5.74, 6) is -0.959. The Hall–Kier alpha value is -1.72. The predicted molar refractivity (Wildman–Crippen MR) is 88.5 cm³/mol. The first-order chi connectivity index (χ1) is 11.1. The first kappa shape index (κ1) is 17.6. The SMILES string of the molecule is Cc1ccc(CNC(C(=O)OC(=O)CN)C2CCCCC2)cc1. The van der Waals surface area contributed by atoms with Gasteiger partial charge in [-0.25, -0.2) is 4.79 Å². The van der Waals surface area contributed by atoms with E-state index in [1.54, 1.807) is 0 Å². The molecule has 0 radical (unpaired) electrons. The fraction of sp³-hybridized carbons (Fsp3) is 0.556. The molecule has 5 nitrogen and oxygen atoms in total. The van der Waals surface area contributed by atoms with Crippen LogP contribution in [0.4, 0.5) is 0 Å². The highest BCUT2D eigenvalue weighted by Crippen LogP contribution is 2.27. The van der Waals surface area contributed by atoms with Crippen molar-refractivity contribution in [2.24, 2.45) is 11.7 Å². The minimum Gasteiger partial charge on any atom is -0.391 e. The van der Waals surface area contributed by atoms with Gasteiger partial charge in [0, 0.05) is 6.54 Å². The van der Waals surface area contributed by atoms with Crippen molar-refractivity contribution in [3.05, 3.63) is 35.4 Å². The van der Waals surface area contributed by atoms with Gasteiger partial charge in [-0.15, -0.1) is 0 Å². The Morgan fingerprint density at radius 3 is 2.48 bits per heavy atom. The van der Waals surface area contributed by atoms with Gasteiger partial charge < -0.3 is 15.8 Å². The van der Waals surface area contributed by atoms with Gasteiger partial charge in [-0.1, -0.05) is 49.1 Å². The highest BCUT2D eigenvalue weighted by atomic mass is 16.6. The summed E-state index contributed by atoms with van der Waals surface area (Å²) in [4.78, 5) is 23.7. The maximum atomic E-state index is 12.3. The van der Waals surface area contributed by atoms with Crippen LogP contribution in [0.5, 0.6) is 0 Å². The molecule has 3 N–H and O–H groups in total. The number of hydrogen-bond donors (Lipinski definition) is 2. The molecule has 23 heavy (non-hydrogen) atoms. The lowest BCUT2D eigenvalue weighted by Crippen LogP contribution is -2.45. The minimum atomic E-state index is -0.673. The molecule has 1 unspecified atom stereocenters. The van der Waals surface area contributed by atoms with Crippen LogP contribution in [0.25, 0.3) is 0 Å². The zero-order chi connectivity index (χ0) is 16.7. The molecular weight excluding hydrogens is 292 g/mol. The molecule has 0 amide bonds. The fourth-order valence-corrected chi connectivity index (χ4v) is 3.06. The average molecular weight is 318 g/mol. The lowest BCUT2D eigenvalue weighted by Gasteiger charge is -2.29. The molecule has 1 aliphatic rings. The fourth-order valence-electron chi connectivity index (χ4n) is 3.06. The average Bonchev–Trinajstić information content (AvgIpc) is 2.57. The van der Waals surface area contributed by atoms with Crippen molar-refractivity contribution in [1.82, 2.24) is 5.32 Å². The van der Waals surface area contributed by atoms with Crippen molar-refractivity contribution in [3.63, 3.8) is 0 Å². The van der Waals surface area contributed by atoms with Crippen molar-refractivity contribution in [3.8, 4) is 0 Å². The van der Waals surface area contributed by atoms with Gasteiger partial charge in [0.25, 0.3) is 0 Å². The summed E-state index contributed by atoms with van der Waals surface area (Å²) >= 11 is 0. The highest BCUT2D eigenvalue weighted by molar-refractivity contribution is 5.89. The number of nitrogens with one attached hydrogen (secondary N) is 1. The molecule has 1 aromatic rings. The van der Waals surface area contributed by atoms with E-state index in [1.165, 1.54) is 12.0 Å². The summed E-state index contributed by atoms with van der Waals surface area (Å²) in [6, 6.07) is 7.71. The lowest BCUT2D eigenvalue weighted by atomic mass is 9.84. The summed E-state index contributed by atoms with van der Waals surface area (Å²) in [7, 11) is 0. The molecule has 1 atom stereocenters. The third-order valence-corrected chi connectivity index (χ3v) is 4.40. The van der Waals surface area contributed by atoms with Gasteiger partial charge in [-0.3, -0.25) is 4.79 Å². The molecular formula is C18H26N2O3. The van der Waals surface area contributed by atoms with Gasteiger partial charge in [0.2, 0.25) is 0 Å². The molecule has 0 saturated heterocycles. The normalized spacial score (nSPS) is 16.8. The smallest absolute Gasteiger partial charge is 0.331 e.